The Hall–Kier alpha value is -2.68. The normalized spacial score (nSPS) is 11.9. The van der Waals surface area contributed by atoms with E-state index in [1.807, 2.05) is 0 Å². The van der Waals surface area contributed by atoms with Crippen molar-refractivity contribution in [1.29, 1.82) is 0 Å². The van der Waals surface area contributed by atoms with Crippen molar-refractivity contribution in [3.8, 4) is 28.7 Å². The third kappa shape index (κ3) is 4.89. The molecule has 0 spiro atoms. The molecule has 0 saturated carbocycles. The highest BCUT2D eigenvalue weighted by Gasteiger charge is 2.24. The van der Waals surface area contributed by atoms with Crippen molar-refractivity contribution < 1.29 is 38.3 Å². The lowest BCUT2D eigenvalue weighted by molar-refractivity contribution is -0.107. The molecule has 166 valence electrons. The smallest absolute Gasteiger partial charge is 0.203 e. The first-order chi connectivity index (χ1) is 14.5. The molecule has 2 aromatic carbocycles. The number of aliphatic hydroxyl groups is 1. The molecule has 8 heteroatoms. The highest BCUT2D eigenvalue weighted by Crippen LogP contribution is 2.41. The van der Waals surface area contributed by atoms with E-state index < -0.39 is 12.4 Å². The number of methoxy groups -OCH3 is 7. The topological polar surface area (TPSA) is 84.8 Å². The summed E-state index contributed by atoms with van der Waals surface area (Å²) in [5.74, 6) is 2.52. The Bertz CT molecular complexity index is 807. The van der Waals surface area contributed by atoms with Gasteiger partial charge >= 0.3 is 0 Å². The summed E-state index contributed by atoms with van der Waals surface area (Å²) in [4.78, 5) is 0. The van der Waals surface area contributed by atoms with Gasteiger partial charge in [-0.05, 0) is 35.4 Å². The van der Waals surface area contributed by atoms with Gasteiger partial charge in [0.1, 0.15) is 0 Å². The second-order valence-corrected chi connectivity index (χ2v) is 6.39. The molecule has 2 aromatic rings. The van der Waals surface area contributed by atoms with Gasteiger partial charge in [-0.15, -0.1) is 0 Å². The Labute approximate surface area is 177 Å². The van der Waals surface area contributed by atoms with Crippen molar-refractivity contribution in [3.05, 3.63) is 41.0 Å². The lowest BCUT2D eigenvalue weighted by Gasteiger charge is -2.23. The molecule has 1 unspecified atom stereocenters. The average molecular weight is 422 g/mol. The summed E-state index contributed by atoms with van der Waals surface area (Å²) in [6.45, 7) is 0. The Balaban J connectivity index is 2.51. The first-order valence-electron chi connectivity index (χ1n) is 9.26. The number of benzene rings is 2. The lowest BCUT2D eigenvalue weighted by Crippen LogP contribution is -2.13. The molecule has 0 fully saturated rings. The molecule has 0 heterocycles. The van der Waals surface area contributed by atoms with E-state index in [1.54, 1.807) is 52.7 Å². The third-order valence-electron chi connectivity index (χ3n) is 4.78. The molecule has 0 radical (unpaired) electrons. The van der Waals surface area contributed by atoms with Crippen molar-refractivity contribution in [1.82, 2.24) is 0 Å². The van der Waals surface area contributed by atoms with Gasteiger partial charge in [0.25, 0.3) is 0 Å². The number of ether oxygens (including phenoxy) is 7. The zero-order valence-electron chi connectivity index (χ0n) is 18.5. The van der Waals surface area contributed by atoms with E-state index in [9.17, 15) is 5.11 Å². The van der Waals surface area contributed by atoms with Gasteiger partial charge in [0, 0.05) is 26.2 Å². The molecular formula is C22H30O8. The van der Waals surface area contributed by atoms with Gasteiger partial charge in [0.05, 0.1) is 41.7 Å². The summed E-state index contributed by atoms with van der Waals surface area (Å²) >= 11 is 0. The molecular weight excluding hydrogens is 392 g/mol. The molecule has 1 N–H and O–H groups in total. The first-order valence-corrected chi connectivity index (χ1v) is 9.26. The van der Waals surface area contributed by atoms with Gasteiger partial charge in [-0.25, -0.2) is 0 Å². The minimum absolute atomic E-state index is 0.277. The molecule has 0 amide bonds. The predicted molar refractivity (Wildman–Crippen MR) is 111 cm³/mol. The van der Waals surface area contributed by atoms with Crippen LogP contribution >= 0.6 is 0 Å². The number of hydrogen-bond acceptors (Lipinski definition) is 8. The maximum Gasteiger partial charge on any atom is 0.203 e. The van der Waals surface area contributed by atoms with Gasteiger partial charge in [0.2, 0.25) is 5.75 Å². The zero-order chi connectivity index (χ0) is 22.3. The molecule has 0 aromatic heterocycles. The van der Waals surface area contributed by atoms with Crippen molar-refractivity contribution in [3.63, 3.8) is 0 Å². The second-order valence-electron chi connectivity index (χ2n) is 6.39. The molecule has 0 aliphatic heterocycles. The summed E-state index contributed by atoms with van der Waals surface area (Å²) in [7, 11) is 10.8. The monoisotopic (exact) mass is 422 g/mol. The van der Waals surface area contributed by atoms with E-state index >= 15 is 0 Å². The average Bonchev–Trinajstić information content (AvgIpc) is 2.78. The fourth-order valence-corrected chi connectivity index (χ4v) is 3.34. The van der Waals surface area contributed by atoms with Gasteiger partial charge in [-0.2, -0.15) is 0 Å². The second kappa shape index (κ2) is 10.9. The Morgan fingerprint density at radius 1 is 0.633 bits per heavy atom. The fourth-order valence-electron chi connectivity index (χ4n) is 3.34. The molecule has 0 aliphatic rings. The van der Waals surface area contributed by atoms with Crippen LogP contribution in [0, 0.1) is 0 Å². The van der Waals surface area contributed by atoms with Crippen LogP contribution in [0.4, 0.5) is 0 Å². The minimum atomic E-state index is -0.893. The standard InChI is InChI=1S/C22H30O8/c1-24-17-11-14(15(12-18(17)25-2)22(29-6)30-7)16(23)8-13-9-19(26-3)21(28-5)20(10-13)27-4/h9-12,16,22-23H,8H2,1-7H3. The minimum Gasteiger partial charge on any atom is -0.493 e. The lowest BCUT2D eigenvalue weighted by atomic mass is 9.95. The van der Waals surface area contributed by atoms with Crippen LogP contribution < -0.4 is 23.7 Å². The van der Waals surface area contributed by atoms with Crippen LogP contribution in [0.2, 0.25) is 0 Å². The van der Waals surface area contributed by atoms with Crippen molar-refractivity contribution in [2.45, 2.75) is 18.8 Å². The zero-order valence-corrected chi connectivity index (χ0v) is 18.5. The summed E-state index contributed by atoms with van der Waals surface area (Å²) in [6, 6.07) is 7.07. The quantitative estimate of drug-likeness (QED) is 0.552. The van der Waals surface area contributed by atoms with Crippen LogP contribution in [0.3, 0.4) is 0 Å². The highest BCUT2D eigenvalue weighted by atomic mass is 16.7. The van der Waals surface area contributed by atoms with E-state index in [4.69, 9.17) is 33.2 Å². The number of hydrogen-bond donors (Lipinski definition) is 1. The van der Waals surface area contributed by atoms with Gasteiger partial charge in [-0.3, -0.25) is 0 Å². The van der Waals surface area contributed by atoms with Crippen molar-refractivity contribution in [2.75, 3.05) is 49.8 Å². The fraction of sp³-hybridized carbons (Fsp3) is 0.455. The van der Waals surface area contributed by atoms with Gasteiger partial charge in [0.15, 0.2) is 29.3 Å². The molecule has 0 aliphatic carbocycles. The molecule has 2 rings (SSSR count). The maximum absolute atomic E-state index is 11.1. The van der Waals surface area contributed by atoms with E-state index in [-0.39, 0.29) is 6.42 Å². The van der Waals surface area contributed by atoms with E-state index in [2.05, 4.69) is 0 Å². The van der Waals surface area contributed by atoms with E-state index in [1.165, 1.54) is 21.3 Å². The summed E-state index contributed by atoms with van der Waals surface area (Å²) in [6.07, 6.45) is -1.30. The van der Waals surface area contributed by atoms with Crippen LogP contribution in [0.5, 0.6) is 28.7 Å². The molecule has 30 heavy (non-hydrogen) atoms. The van der Waals surface area contributed by atoms with Crippen LogP contribution in [0.1, 0.15) is 29.1 Å². The Morgan fingerprint density at radius 3 is 1.50 bits per heavy atom. The maximum atomic E-state index is 11.1. The van der Waals surface area contributed by atoms with E-state index in [0.717, 1.165) is 5.56 Å². The van der Waals surface area contributed by atoms with E-state index in [0.29, 0.717) is 39.9 Å². The Morgan fingerprint density at radius 2 is 1.10 bits per heavy atom. The predicted octanol–water partition coefficient (Wildman–Crippen LogP) is 3.30. The van der Waals surface area contributed by atoms with Crippen molar-refractivity contribution >= 4 is 0 Å². The van der Waals surface area contributed by atoms with Crippen LogP contribution in [-0.4, -0.2) is 54.9 Å². The molecule has 1 atom stereocenters. The largest absolute Gasteiger partial charge is 0.493 e. The first kappa shape index (κ1) is 23.6. The molecule has 0 bridgehead atoms. The summed E-state index contributed by atoms with van der Waals surface area (Å²) in [5.41, 5.74) is 2.02. The summed E-state index contributed by atoms with van der Waals surface area (Å²) < 4.78 is 37.8. The van der Waals surface area contributed by atoms with Crippen LogP contribution in [0.25, 0.3) is 0 Å². The van der Waals surface area contributed by atoms with Crippen molar-refractivity contribution in [2.24, 2.45) is 0 Å². The number of rotatable bonds is 11. The Kier molecular flexibility index (Phi) is 8.58. The molecule has 0 saturated heterocycles. The SMILES string of the molecule is COc1cc(C(O)Cc2cc(OC)c(OC)c(OC)c2)c(C(OC)OC)cc1OC. The summed E-state index contributed by atoms with van der Waals surface area (Å²) in [5, 5.41) is 11.1. The van der Waals surface area contributed by atoms with Crippen LogP contribution in [0.15, 0.2) is 24.3 Å². The van der Waals surface area contributed by atoms with Gasteiger partial charge in [-0.1, -0.05) is 0 Å². The third-order valence-corrected chi connectivity index (χ3v) is 4.78. The molecule has 8 nitrogen and oxygen atoms in total. The van der Waals surface area contributed by atoms with Gasteiger partial charge < -0.3 is 38.3 Å². The highest BCUT2D eigenvalue weighted by molar-refractivity contribution is 5.54. The van der Waals surface area contributed by atoms with Crippen LogP contribution in [-0.2, 0) is 15.9 Å². The number of aliphatic hydroxyl groups excluding tert-OH is 1.